The lowest BCUT2D eigenvalue weighted by Crippen LogP contribution is -2.13. The van der Waals surface area contributed by atoms with Gasteiger partial charge in [0, 0.05) is 18.2 Å². The number of unbranched alkanes of at least 4 members (excludes halogenated alkanes) is 1. The molecular weight excluding hydrogens is 368 g/mol. The Hall–Kier alpha value is -2.60. The van der Waals surface area contributed by atoms with Gasteiger partial charge in [0.25, 0.3) is 0 Å². The molecule has 0 radical (unpaired) electrons. The van der Waals surface area contributed by atoms with Gasteiger partial charge in [-0.15, -0.1) is 0 Å². The fraction of sp³-hybridized carbons (Fsp3) is 0.350. The van der Waals surface area contributed by atoms with Crippen molar-refractivity contribution in [2.75, 3.05) is 13.7 Å². The van der Waals surface area contributed by atoms with E-state index in [0.29, 0.717) is 22.0 Å². The van der Waals surface area contributed by atoms with Gasteiger partial charge < -0.3 is 9.47 Å². The van der Waals surface area contributed by atoms with Gasteiger partial charge >= 0.3 is 5.97 Å². The molecule has 0 amide bonds. The summed E-state index contributed by atoms with van der Waals surface area (Å²) in [6, 6.07) is 6.78. The number of hydrogen-bond acceptors (Lipinski definition) is 5. The van der Waals surface area contributed by atoms with Gasteiger partial charge in [-0.3, -0.25) is 9.48 Å². The Morgan fingerprint density at radius 3 is 2.74 bits per heavy atom. The lowest BCUT2D eigenvalue weighted by molar-refractivity contribution is -0.136. The highest BCUT2D eigenvalue weighted by Crippen LogP contribution is 2.22. The third-order valence-electron chi connectivity index (χ3n) is 3.97. The van der Waals surface area contributed by atoms with E-state index < -0.39 is 5.97 Å². The average Bonchev–Trinajstić information content (AvgIpc) is 2.95. The maximum atomic E-state index is 12.2. The number of carbonyl (C=O) groups excluding carboxylic acids is 2. The predicted molar refractivity (Wildman–Crippen MR) is 104 cm³/mol. The number of ketones is 1. The molecule has 0 atom stereocenters. The van der Waals surface area contributed by atoms with Crippen LogP contribution in [0.5, 0.6) is 5.75 Å². The molecule has 1 aromatic heterocycles. The zero-order valence-electron chi connectivity index (χ0n) is 15.7. The zero-order chi connectivity index (χ0) is 19.8. The van der Waals surface area contributed by atoms with Crippen LogP contribution in [0.1, 0.15) is 41.4 Å². The maximum absolute atomic E-state index is 12.2. The van der Waals surface area contributed by atoms with Gasteiger partial charge in [-0.2, -0.15) is 5.10 Å². The quantitative estimate of drug-likeness (QED) is 0.366. The molecular formula is C20H23ClN2O4. The molecule has 0 N–H and O–H groups in total. The number of nitrogens with zero attached hydrogens (tertiary/aromatic N) is 2. The van der Waals surface area contributed by atoms with Crippen LogP contribution in [-0.2, 0) is 16.1 Å². The fourth-order valence-electron chi connectivity index (χ4n) is 2.50. The standard InChI is InChI=1S/C20H23ClN2O4/c1-4-5-12-23-20(21)15(14(2)22-23)10-11-19(25)27-13-17(24)16-8-6-7-9-18(16)26-3/h6-11H,4-5,12-13H2,1-3H3/b11-10+. The SMILES string of the molecule is CCCCn1nc(C)c(/C=C/C(=O)OCC(=O)c2ccccc2OC)c1Cl. The summed E-state index contributed by atoms with van der Waals surface area (Å²) in [6.45, 7) is 4.27. The Morgan fingerprint density at radius 2 is 2.04 bits per heavy atom. The summed E-state index contributed by atoms with van der Waals surface area (Å²) in [5.41, 5.74) is 1.76. The van der Waals surface area contributed by atoms with Crippen molar-refractivity contribution in [1.29, 1.82) is 0 Å². The number of aromatic nitrogens is 2. The van der Waals surface area contributed by atoms with Crippen LogP contribution in [0.2, 0.25) is 5.15 Å². The number of para-hydroxylation sites is 1. The van der Waals surface area contributed by atoms with E-state index in [1.165, 1.54) is 13.2 Å². The third kappa shape index (κ3) is 5.44. The highest BCUT2D eigenvalue weighted by atomic mass is 35.5. The molecule has 27 heavy (non-hydrogen) atoms. The van der Waals surface area contributed by atoms with Crippen LogP contribution in [0.25, 0.3) is 6.08 Å². The minimum Gasteiger partial charge on any atom is -0.496 e. The highest BCUT2D eigenvalue weighted by molar-refractivity contribution is 6.31. The first-order chi connectivity index (χ1) is 13.0. The first-order valence-corrected chi connectivity index (χ1v) is 9.09. The molecule has 0 aliphatic rings. The van der Waals surface area contributed by atoms with Crippen molar-refractivity contribution >= 4 is 29.4 Å². The van der Waals surface area contributed by atoms with Crippen molar-refractivity contribution in [3.05, 3.63) is 52.3 Å². The molecule has 1 heterocycles. The summed E-state index contributed by atoms with van der Waals surface area (Å²) in [5, 5.41) is 4.85. The van der Waals surface area contributed by atoms with Gasteiger partial charge in [0.2, 0.25) is 5.78 Å². The van der Waals surface area contributed by atoms with Gasteiger partial charge in [-0.1, -0.05) is 37.1 Å². The van der Waals surface area contributed by atoms with Gasteiger partial charge in [-0.25, -0.2) is 4.79 Å². The topological polar surface area (TPSA) is 70.4 Å². The molecule has 0 aliphatic carbocycles. The molecule has 2 aromatic rings. The van der Waals surface area contributed by atoms with E-state index in [4.69, 9.17) is 21.1 Å². The summed E-state index contributed by atoms with van der Waals surface area (Å²) in [4.78, 5) is 24.1. The van der Waals surface area contributed by atoms with Crippen molar-refractivity contribution in [3.63, 3.8) is 0 Å². The third-order valence-corrected chi connectivity index (χ3v) is 4.37. The van der Waals surface area contributed by atoms with E-state index in [1.54, 1.807) is 35.0 Å². The lowest BCUT2D eigenvalue weighted by atomic mass is 10.1. The van der Waals surface area contributed by atoms with Crippen LogP contribution in [0.3, 0.4) is 0 Å². The number of methoxy groups -OCH3 is 1. The molecule has 144 valence electrons. The fourth-order valence-corrected chi connectivity index (χ4v) is 2.82. The van der Waals surface area contributed by atoms with Crippen LogP contribution in [0, 0.1) is 6.92 Å². The second-order valence-corrected chi connectivity index (χ2v) is 6.29. The van der Waals surface area contributed by atoms with E-state index in [-0.39, 0.29) is 12.4 Å². The summed E-state index contributed by atoms with van der Waals surface area (Å²) in [6.07, 6.45) is 4.81. The Balaban J connectivity index is 1.98. The molecule has 0 unspecified atom stereocenters. The van der Waals surface area contributed by atoms with E-state index in [9.17, 15) is 9.59 Å². The Bertz CT molecular complexity index is 843. The second-order valence-electron chi connectivity index (χ2n) is 5.93. The molecule has 0 saturated carbocycles. The Kier molecular flexibility index (Phi) is 7.61. The van der Waals surface area contributed by atoms with Crippen molar-refractivity contribution in [2.45, 2.75) is 33.2 Å². The smallest absolute Gasteiger partial charge is 0.331 e. The lowest BCUT2D eigenvalue weighted by Gasteiger charge is -2.07. The average molecular weight is 391 g/mol. The van der Waals surface area contributed by atoms with E-state index in [0.717, 1.165) is 25.1 Å². The van der Waals surface area contributed by atoms with Gasteiger partial charge in [0.15, 0.2) is 6.61 Å². The number of halogens is 1. The first kappa shape index (κ1) is 20.7. The summed E-state index contributed by atoms with van der Waals surface area (Å²) >= 11 is 6.32. The maximum Gasteiger partial charge on any atom is 0.331 e. The molecule has 7 heteroatoms. The minimum atomic E-state index is -0.630. The number of esters is 1. The molecule has 0 fully saturated rings. The molecule has 6 nitrogen and oxygen atoms in total. The Morgan fingerprint density at radius 1 is 1.30 bits per heavy atom. The second kappa shape index (κ2) is 9.92. The number of ether oxygens (including phenoxy) is 2. The molecule has 0 spiro atoms. The monoisotopic (exact) mass is 390 g/mol. The predicted octanol–water partition coefficient (Wildman–Crippen LogP) is 4.09. The van der Waals surface area contributed by atoms with E-state index in [2.05, 4.69) is 12.0 Å². The molecule has 1 aromatic carbocycles. The van der Waals surface area contributed by atoms with Crippen molar-refractivity contribution < 1.29 is 19.1 Å². The molecule has 0 aliphatic heterocycles. The molecule has 0 saturated heterocycles. The van der Waals surface area contributed by atoms with Gasteiger partial charge in [-0.05, 0) is 31.6 Å². The molecule has 2 rings (SSSR count). The van der Waals surface area contributed by atoms with Crippen molar-refractivity contribution in [2.24, 2.45) is 0 Å². The number of aryl methyl sites for hydroxylation is 2. The van der Waals surface area contributed by atoms with E-state index >= 15 is 0 Å². The Labute approximate surface area is 163 Å². The first-order valence-electron chi connectivity index (χ1n) is 8.71. The largest absolute Gasteiger partial charge is 0.496 e. The summed E-state index contributed by atoms with van der Waals surface area (Å²) in [5.74, 6) is -0.526. The number of benzene rings is 1. The number of hydrogen-bond donors (Lipinski definition) is 0. The normalized spacial score (nSPS) is 11.0. The van der Waals surface area contributed by atoms with Gasteiger partial charge in [0.05, 0.1) is 18.4 Å². The zero-order valence-corrected chi connectivity index (χ0v) is 16.5. The van der Waals surface area contributed by atoms with Crippen LogP contribution in [0.4, 0.5) is 0 Å². The van der Waals surface area contributed by atoms with Crippen molar-refractivity contribution in [1.82, 2.24) is 9.78 Å². The van der Waals surface area contributed by atoms with Crippen LogP contribution < -0.4 is 4.74 Å². The van der Waals surface area contributed by atoms with Crippen molar-refractivity contribution in [3.8, 4) is 5.75 Å². The highest BCUT2D eigenvalue weighted by Gasteiger charge is 2.14. The number of carbonyl (C=O) groups is 2. The molecule has 0 bridgehead atoms. The number of Topliss-reactive ketones (excluding diaryl/α,β-unsaturated/α-hetero) is 1. The minimum absolute atomic E-state index is 0.337. The van der Waals surface area contributed by atoms with Crippen LogP contribution >= 0.6 is 11.6 Å². The van der Waals surface area contributed by atoms with Gasteiger partial charge in [0.1, 0.15) is 10.9 Å². The summed E-state index contributed by atoms with van der Waals surface area (Å²) < 4.78 is 11.9. The van der Waals surface area contributed by atoms with E-state index in [1.807, 2.05) is 6.92 Å². The van der Waals surface area contributed by atoms with Crippen LogP contribution in [0.15, 0.2) is 30.3 Å². The summed E-state index contributed by atoms with van der Waals surface area (Å²) in [7, 11) is 1.48. The van der Waals surface area contributed by atoms with Crippen LogP contribution in [-0.4, -0.2) is 35.2 Å². The number of rotatable bonds is 9.